The Balaban J connectivity index is 1.87. The van der Waals surface area contributed by atoms with Crippen LogP contribution in [0, 0.1) is 0 Å². The summed E-state index contributed by atoms with van der Waals surface area (Å²) in [5.41, 5.74) is 1.20. The Hall–Kier alpha value is -1.55. The van der Waals surface area contributed by atoms with Crippen LogP contribution in [0.15, 0.2) is 35.5 Å². The van der Waals surface area contributed by atoms with Crippen LogP contribution in [-0.4, -0.2) is 16.1 Å². The normalized spacial score (nSPS) is 10.8. The summed E-state index contributed by atoms with van der Waals surface area (Å²) < 4.78 is 7.47. The molecule has 16 heavy (non-hydrogen) atoms. The molecule has 86 valence electrons. The fourth-order valence-corrected chi connectivity index (χ4v) is 1.57. The largest absolute Gasteiger partial charge is 0.467 e. The van der Waals surface area contributed by atoms with Crippen LogP contribution in [0.3, 0.4) is 0 Å². The van der Waals surface area contributed by atoms with Gasteiger partial charge in [0.05, 0.1) is 19.1 Å². The van der Waals surface area contributed by atoms with Crippen molar-refractivity contribution in [1.29, 1.82) is 0 Å². The van der Waals surface area contributed by atoms with E-state index in [2.05, 4.69) is 23.3 Å². The van der Waals surface area contributed by atoms with E-state index in [4.69, 9.17) is 4.42 Å². The van der Waals surface area contributed by atoms with E-state index in [9.17, 15) is 0 Å². The highest BCUT2D eigenvalue weighted by atomic mass is 16.3. The summed E-state index contributed by atoms with van der Waals surface area (Å²) in [5.74, 6) is 0.964. The third-order valence-corrected chi connectivity index (χ3v) is 2.36. The quantitative estimate of drug-likeness (QED) is 0.756. The zero-order chi connectivity index (χ0) is 11.2. The highest BCUT2D eigenvalue weighted by molar-refractivity contribution is 5.13. The van der Waals surface area contributed by atoms with Gasteiger partial charge >= 0.3 is 0 Å². The molecule has 0 aliphatic carbocycles. The van der Waals surface area contributed by atoms with E-state index < -0.39 is 0 Å². The molecule has 0 radical (unpaired) electrons. The van der Waals surface area contributed by atoms with E-state index in [1.165, 1.54) is 5.56 Å². The monoisotopic (exact) mass is 219 g/mol. The summed E-state index contributed by atoms with van der Waals surface area (Å²) in [4.78, 5) is 3.99. The van der Waals surface area contributed by atoms with Gasteiger partial charge in [-0.15, -0.1) is 0 Å². The lowest BCUT2D eigenvalue weighted by Crippen LogP contribution is -2.13. The van der Waals surface area contributed by atoms with E-state index in [0.717, 1.165) is 31.8 Å². The standard InChI is InChI=1S/C12H17N3O/c1-2-3-13-7-11-6-12(16-9-11)8-15-5-4-14-10-15/h4-6,9-10,13H,2-3,7-8H2,1H3. The zero-order valence-electron chi connectivity index (χ0n) is 9.52. The first kappa shape index (κ1) is 11.0. The average molecular weight is 219 g/mol. The summed E-state index contributed by atoms with van der Waals surface area (Å²) in [7, 11) is 0. The summed E-state index contributed by atoms with van der Waals surface area (Å²) >= 11 is 0. The second-order valence-corrected chi connectivity index (χ2v) is 3.83. The van der Waals surface area contributed by atoms with Crippen molar-refractivity contribution in [3.63, 3.8) is 0 Å². The maximum absolute atomic E-state index is 5.48. The van der Waals surface area contributed by atoms with Gasteiger partial charge in [0, 0.05) is 24.5 Å². The summed E-state index contributed by atoms with van der Waals surface area (Å²) in [6, 6.07) is 2.09. The molecule has 0 aromatic carbocycles. The molecule has 1 N–H and O–H groups in total. The number of hydrogen-bond donors (Lipinski definition) is 1. The van der Waals surface area contributed by atoms with Crippen molar-refractivity contribution in [3.8, 4) is 0 Å². The van der Waals surface area contributed by atoms with Gasteiger partial charge in [-0.2, -0.15) is 0 Å². The average Bonchev–Trinajstić information content (AvgIpc) is 2.91. The third kappa shape index (κ3) is 2.97. The predicted octanol–water partition coefficient (Wildman–Crippen LogP) is 2.02. The van der Waals surface area contributed by atoms with Crippen molar-refractivity contribution >= 4 is 0 Å². The summed E-state index contributed by atoms with van der Waals surface area (Å²) in [5, 5.41) is 3.34. The molecule has 2 heterocycles. The van der Waals surface area contributed by atoms with Gasteiger partial charge in [-0.3, -0.25) is 0 Å². The minimum absolute atomic E-state index is 0.744. The van der Waals surface area contributed by atoms with Gasteiger partial charge < -0.3 is 14.3 Å². The zero-order valence-corrected chi connectivity index (χ0v) is 9.52. The molecule has 0 unspecified atom stereocenters. The topological polar surface area (TPSA) is 43.0 Å². The molecular weight excluding hydrogens is 202 g/mol. The Kier molecular flexibility index (Phi) is 3.77. The van der Waals surface area contributed by atoms with E-state index in [0.29, 0.717) is 0 Å². The lowest BCUT2D eigenvalue weighted by molar-refractivity contribution is 0.491. The van der Waals surface area contributed by atoms with Crippen molar-refractivity contribution in [2.24, 2.45) is 0 Å². The van der Waals surface area contributed by atoms with Gasteiger partial charge in [-0.1, -0.05) is 6.92 Å². The lowest BCUT2D eigenvalue weighted by Gasteiger charge is -1.98. The molecule has 2 aromatic rings. The van der Waals surface area contributed by atoms with Crippen molar-refractivity contribution in [2.75, 3.05) is 6.54 Å². The molecule has 2 rings (SSSR count). The molecule has 0 fully saturated rings. The minimum atomic E-state index is 0.744. The molecule has 2 aromatic heterocycles. The first-order valence-corrected chi connectivity index (χ1v) is 5.61. The summed E-state index contributed by atoms with van der Waals surface area (Å²) in [6.07, 6.45) is 8.45. The van der Waals surface area contributed by atoms with Crippen LogP contribution in [0.25, 0.3) is 0 Å². The molecular formula is C12H17N3O. The number of furan rings is 1. The van der Waals surface area contributed by atoms with Gasteiger partial charge in [-0.05, 0) is 19.0 Å². The second kappa shape index (κ2) is 5.51. The van der Waals surface area contributed by atoms with Gasteiger partial charge in [0.2, 0.25) is 0 Å². The van der Waals surface area contributed by atoms with Crippen LogP contribution in [0.1, 0.15) is 24.7 Å². The van der Waals surface area contributed by atoms with Crippen LogP contribution in [0.2, 0.25) is 0 Å². The maximum Gasteiger partial charge on any atom is 0.123 e. The number of rotatable bonds is 6. The number of imidazole rings is 1. The van der Waals surface area contributed by atoms with Gasteiger partial charge in [-0.25, -0.2) is 4.98 Å². The Bertz CT molecular complexity index is 406. The van der Waals surface area contributed by atoms with Crippen LogP contribution in [-0.2, 0) is 13.1 Å². The molecule has 0 saturated heterocycles. The molecule has 0 saturated carbocycles. The summed E-state index contributed by atoms with van der Waals surface area (Å²) in [6.45, 7) is 4.82. The van der Waals surface area contributed by atoms with E-state index in [1.54, 1.807) is 12.5 Å². The highest BCUT2D eigenvalue weighted by Crippen LogP contribution is 2.09. The molecule has 0 aliphatic heterocycles. The van der Waals surface area contributed by atoms with E-state index in [-0.39, 0.29) is 0 Å². The van der Waals surface area contributed by atoms with E-state index >= 15 is 0 Å². The van der Waals surface area contributed by atoms with Crippen LogP contribution in [0.5, 0.6) is 0 Å². The predicted molar refractivity (Wildman–Crippen MR) is 62.0 cm³/mol. The lowest BCUT2D eigenvalue weighted by atomic mass is 10.3. The number of nitrogens with one attached hydrogen (secondary N) is 1. The van der Waals surface area contributed by atoms with Crippen LogP contribution in [0.4, 0.5) is 0 Å². The maximum atomic E-state index is 5.48. The van der Waals surface area contributed by atoms with Crippen LogP contribution >= 0.6 is 0 Å². The number of aromatic nitrogens is 2. The smallest absolute Gasteiger partial charge is 0.123 e. The van der Waals surface area contributed by atoms with Gasteiger partial charge in [0.1, 0.15) is 5.76 Å². The Morgan fingerprint density at radius 3 is 3.19 bits per heavy atom. The number of nitrogens with zero attached hydrogens (tertiary/aromatic N) is 2. The fourth-order valence-electron chi connectivity index (χ4n) is 1.57. The SMILES string of the molecule is CCCNCc1coc(Cn2ccnc2)c1. The molecule has 0 spiro atoms. The highest BCUT2D eigenvalue weighted by Gasteiger charge is 2.01. The third-order valence-electron chi connectivity index (χ3n) is 2.36. The van der Waals surface area contributed by atoms with Crippen LogP contribution < -0.4 is 5.32 Å². The molecule has 4 nitrogen and oxygen atoms in total. The molecule has 0 aliphatic rings. The minimum Gasteiger partial charge on any atom is -0.467 e. The van der Waals surface area contributed by atoms with Crippen molar-refractivity contribution in [1.82, 2.24) is 14.9 Å². The Labute approximate surface area is 95.3 Å². The molecule has 0 atom stereocenters. The van der Waals surface area contributed by atoms with Crippen molar-refractivity contribution in [2.45, 2.75) is 26.4 Å². The number of hydrogen-bond acceptors (Lipinski definition) is 3. The molecule has 4 heteroatoms. The first-order valence-electron chi connectivity index (χ1n) is 5.61. The van der Waals surface area contributed by atoms with Crippen molar-refractivity contribution in [3.05, 3.63) is 42.4 Å². The second-order valence-electron chi connectivity index (χ2n) is 3.83. The van der Waals surface area contributed by atoms with Gasteiger partial charge in [0.15, 0.2) is 0 Å². The first-order chi connectivity index (χ1) is 7.88. The molecule has 0 bridgehead atoms. The van der Waals surface area contributed by atoms with Crippen molar-refractivity contribution < 1.29 is 4.42 Å². The van der Waals surface area contributed by atoms with E-state index in [1.807, 2.05) is 17.0 Å². The fraction of sp³-hybridized carbons (Fsp3) is 0.417. The Morgan fingerprint density at radius 2 is 2.44 bits per heavy atom. The Morgan fingerprint density at radius 1 is 1.50 bits per heavy atom. The van der Waals surface area contributed by atoms with Gasteiger partial charge in [0.25, 0.3) is 0 Å². The molecule has 0 amide bonds.